The molecule has 2 atom stereocenters. The summed E-state index contributed by atoms with van der Waals surface area (Å²) in [6.45, 7) is 6.12. The lowest BCUT2D eigenvalue weighted by Gasteiger charge is -2.30. The van der Waals surface area contributed by atoms with Gasteiger partial charge in [0.15, 0.2) is 0 Å². The Morgan fingerprint density at radius 3 is 2.84 bits per heavy atom. The van der Waals surface area contributed by atoms with Crippen molar-refractivity contribution in [2.24, 2.45) is 10.9 Å². The fraction of sp³-hybridized carbons (Fsp3) is 0.421. The minimum absolute atomic E-state index is 0.167. The summed E-state index contributed by atoms with van der Waals surface area (Å²) in [5, 5.41) is 0. The van der Waals surface area contributed by atoms with E-state index in [-0.39, 0.29) is 25.2 Å². The molecular formula is C19H21NO4S. The molecule has 0 spiro atoms. The van der Waals surface area contributed by atoms with E-state index in [4.69, 9.17) is 9.47 Å². The Balaban J connectivity index is 2.15. The maximum absolute atomic E-state index is 12.7. The first-order chi connectivity index (χ1) is 12.1. The van der Waals surface area contributed by atoms with Crippen LogP contribution >= 0.6 is 11.8 Å². The van der Waals surface area contributed by atoms with Crippen molar-refractivity contribution in [1.29, 1.82) is 0 Å². The first-order valence-electron chi connectivity index (χ1n) is 8.42. The summed E-state index contributed by atoms with van der Waals surface area (Å²) in [7, 11) is 0. The van der Waals surface area contributed by atoms with E-state index in [2.05, 4.69) is 11.9 Å². The maximum atomic E-state index is 12.7. The van der Waals surface area contributed by atoms with Crippen LogP contribution in [0.5, 0.6) is 0 Å². The maximum Gasteiger partial charge on any atom is 0.337 e. The number of hydrogen-bond donors (Lipinski definition) is 0. The third-order valence-corrected chi connectivity index (χ3v) is 5.34. The molecular weight excluding hydrogens is 338 g/mol. The predicted molar refractivity (Wildman–Crippen MR) is 96.8 cm³/mol. The molecule has 0 radical (unpaired) electrons. The average molecular weight is 359 g/mol. The topological polar surface area (TPSA) is 65.0 Å². The lowest BCUT2D eigenvalue weighted by Crippen LogP contribution is -2.35. The molecule has 0 amide bonds. The largest absolute Gasteiger partial charge is 0.465 e. The van der Waals surface area contributed by atoms with Gasteiger partial charge in [0.25, 0.3) is 0 Å². The first kappa shape index (κ1) is 17.7. The summed E-state index contributed by atoms with van der Waals surface area (Å²) in [5.74, 6) is -0.866. The van der Waals surface area contributed by atoms with Gasteiger partial charge in [0.1, 0.15) is 12.5 Å². The van der Waals surface area contributed by atoms with Crippen molar-refractivity contribution in [3.8, 4) is 0 Å². The number of benzene rings is 1. The van der Waals surface area contributed by atoms with Gasteiger partial charge in [-0.1, -0.05) is 25.1 Å². The molecule has 6 heteroatoms. The van der Waals surface area contributed by atoms with E-state index in [1.54, 1.807) is 18.7 Å². The molecule has 2 unspecified atom stereocenters. The molecule has 2 heterocycles. The number of carbonyl (C=O) groups is 2. The number of rotatable bonds is 5. The highest BCUT2D eigenvalue weighted by Gasteiger charge is 2.46. The van der Waals surface area contributed by atoms with E-state index in [9.17, 15) is 9.59 Å². The Hall–Kier alpha value is -2.08. The zero-order valence-electron chi connectivity index (χ0n) is 14.6. The number of hydrogen-bond acceptors (Lipinski definition) is 6. The zero-order valence-corrected chi connectivity index (χ0v) is 15.4. The Labute approximate surface area is 151 Å². The molecule has 0 saturated heterocycles. The molecule has 2 aliphatic heterocycles. The highest BCUT2D eigenvalue weighted by Crippen LogP contribution is 2.45. The molecule has 132 valence electrons. The molecule has 2 aliphatic rings. The number of carbonyl (C=O) groups excluding carboxylic acids is 2. The van der Waals surface area contributed by atoms with Gasteiger partial charge in [-0.05, 0) is 31.2 Å². The Kier molecular flexibility index (Phi) is 5.27. The third kappa shape index (κ3) is 3.23. The molecule has 1 aromatic rings. The number of esters is 2. The Morgan fingerprint density at radius 1 is 1.36 bits per heavy atom. The number of nitrogens with zero attached hydrogens (tertiary/aromatic N) is 1. The molecule has 0 N–H and O–H groups in total. The normalized spacial score (nSPS) is 22.4. The minimum Gasteiger partial charge on any atom is -0.465 e. The van der Waals surface area contributed by atoms with Gasteiger partial charge in [-0.25, -0.2) is 4.79 Å². The van der Waals surface area contributed by atoms with E-state index >= 15 is 0 Å². The van der Waals surface area contributed by atoms with Crippen molar-refractivity contribution in [2.45, 2.75) is 31.6 Å². The Morgan fingerprint density at radius 2 is 2.12 bits per heavy atom. The van der Waals surface area contributed by atoms with Crippen molar-refractivity contribution < 1.29 is 19.1 Å². The van der Waals surface area contributed by atoms with Crippen molar-refractivity contribution >= 4 is 29.4 Å². The smallest absolute Gasteiger partial charge is 0.337 e. The van der Waals surface area contributed by atoms with Crippen molar-refractivity contribution in [3.05, 3.63) is 41.1 Å². The van der Waals surface area contributed by atoms with Crippen LogP contribution < -0.4 is 0 Å². The number of aliphatic imine (C=N–C) groups is 1. The lowest BCUT2D eigenvalue weighted by atomic mass is 9.76. The van der Waals surface area contributed by atoms with Crippen molar-refractivity contribution in [1.82, 2.24) is 0 Å². The van der Waals surface area contributed by atoms with Gasteiger partial charge in [-0.3, -0.25) is 9.79 Å². The summed E-state index contributed by atoms with van der Waals surface area (Å²) >= 11 is 1.69. The fourth-order valence-electron chi connectivity index (χ4n) is 3.39. The summed E-state index contributed by atoms with van der Waals surface area (Å²) < 4.78 is 10.5. The molecule has 25 heavy (non-hydrogen) atoms. The van der Waals surface area contributed by atoms with Gasteiger partial charge in [0, 0.05) is 16.5 Å². The second-order valence-electron chi connectivity index (χ2n) is 5.87. The van der Waals surface area contributed by atoms with Crippen molar-refractivity contribution in [3.63, 3.8) is 0 Å². The van der Waals surface area contributed by atoms with Crippen LogP contribution in [0.2, 0.25) is 0 Å². The van der Waals surface area contributed by atoms with Crippen LogP contribution in [0.3, 0.4) is 0 Å². The molecule has 0 aromatic heterocycles. The van der Waals surface area contributed by atoms with Gasteiger partial charge in [-0.2, -0.15) is 0 Å². The van der Waals surface area contributed by atoms with Gasteiger partial charge >= 0.3 is 11.9 Å². The van der Waals surface area contributed by atoms with Crippen LogP contribution in [0.1, 0.15) is 32.3 Å². The lowest BCUT2D eigenvalue weighted by molar-refractivity contribution is -0.146. The summed E-state index contributed by atoms with van der Waals surface area (Å²) in [4.78, 5) is 30.6. The zero-order chi connectivity index (χ0) is 18.0. The monoisotopic (exact) mass is 359 g/mol. The molecule has 5 nitrogen and oxygen atoms in total. The standard InChI is InChI=1S/C19H21NO4S/c1-4-23-18(21)15-11(3)20-13-10-24-19(22)17(13)16(15)12-8-6-7-9-14(12)25-5-2/h6-9,15-16H,4-5,10H2,1-3H3. The average Bonchev–Trinajstić information content (AvgIpc) is 2.95. The quantitative estimate of drug-likeness (QED) is 0.596. The van der Waals surface area contributed by atoms with Gasteiger partial charge in [-0.15, -0.1) is 11.8 Å². The number of thioether (sulfide) groups is 1. The summed E-state index contributed by atoms with van der Waals surface area (Å²) in [6.07, 6.45) is 0. The van der Waals surface area contributed by atoms with Crippen molar-refractivity contribution in [2.75, 3.05) is 19.0 Å². The molecule has 1 aromatic carbocycles. The SMILES string of the molecule is CCOC(=O)C1C(C)=NC2=C(C(=O)OC2)C1c1ccccc1SCC. The van der Waals surface area contributed by atoms with Crippen LogP contribution in [0, 0.1) is 5.92 Å². The second kappa shape index (κ2) is 7.44. The van der Waals surface area contributed by atoms with E-state index in [1.807, 2.05) is 31.2 Å². The highest BCUT2D eigenvalue weighted by atomic mass is 32.2. The van der Waals surface area contributed by atoms with Gasteiger partial charge in [0.2, 0.25) is 0 Å². The molecule has 3 rings (SSSR count). The van der Waals surface area contributed by atoms with E-state index < -0.39 is 11.8 Å². The molecule has 0 bridgehead atoms. The third-order valence-electron chi connectivity index (χ3n) is 4.37. The van der Waals surface area contributed by atoms with Crippen LogP contribution in [-0.2, 0) is 19.1 Å². The fourth-order valence-corrected chi connectivity index (χ4v) is 4.24. The highest BCUT2D eigenvalue weighted by molar-refractivity contribution is 7.99. The predicted octanol–water partition coefficient (Wildman–Crippen LogP) is 3.35. The van der Waals surface area contributed by atoms with E-state index in [0.717, 1.165) is 16.2 Å². The minimum atomic E-state index is -0.608. The van der Waals surface area contributed by atoms with Crippen LogP contribution in [0.15, 0.2) is 45.4 Å². The number of cyclic esters (lactones) is 1. The van der Waals surface area contributed by atoms with Gasteiger partial charge in [0.05, 0.1) is 17.9 Å². The molecule has 0 aliphatic carbocycles. The molecule has 0 saturated carbocycles. The van der Waals surface area contributed by atoms with E-state index in [1.165, 1.54) is 0 Å². The second-order valence-corrected chi connectivity index (χ2v) is 7.17. The summed E-state index contributed by atoms with van der Waals surface area (Å²) in [5.41, 5.74) is 2.74. The van der Waals surface area contributed by atoms with Crippen LogP contribution in [0.4, 0.5) is 0 Å². The van der Waals surface area contributed by atoms with Crippen LogP contribution in [0.25, 0.3) is 0 Å². The summed E-state index contributed by atoms with van der Waals surface area (Å²) in [6, 6.07) is 7.89. The van der Waals surface area contributed by atoms with E-state index in [0.29, 0.717) is 17.0 Å². The molecule has 0 fully saturated rings. The first-order valence-corrected chi connectivity index (χ1v) is 9.40. The Bertz CT molecular complexity index is 768. The van der Waals surface area contributed by atoms with Gasteiger partial charge < -0.3 is 9.47 Å². The van der Waals surface area contributed by atoms with Crippen LogP contribution in [-0.4, -0.2) is 36.6 Å². The number of ether oxygens (including phenoxy) is 2.